The van der Waals surface area contributed by atoms with E-state index in [1.807, 2.05) is 0 Å². The van der Waals surface area contributed by atoms with Crippen LogP contribution in [0.2, 0.25) is 0 Å². The third-order valence-electron chi connectivity index (χ3n) is 1.30. The van der Waals surface area contributed by atoms with Crippen LogP contribution in [0.25, 0.3) is 0 Å². The van der Waals surface area contributed by atoms with E-state index in [1.54, 1.807) is 12.1 Å². The largest absolute Gasteiger partial charge is 0.458 e. The normalized spacial score (nSPS) is 13.4. The van der Waals surface area contributed by atoms with Gasteiger partial charge in [0.2, 0.25) is 6.29 Å². The number of furan rings is 1. The van der Waals surface area contributed by atoms with Crippen LogP contribution < -0.4 is 0 Å². The van der Waals surface area contributed by atoms with Crippen molar-refractivity contribution in [1.29, 1.82) is 0 Å². The molecule has 0 aliphatic heterocycles. The molecule has 0 radical (unpaired) electrons. The van der Waals surface area contributed by atoms with Crippen LogP contribution in [0.5, 0.6) is 0 Å². The molecule has 0 aliphatic rings. The number of aliphatic hydroxyl groups excluding tert-OH is 2. The molecule has 0 saturated carbocycles. The highest BCUT2D eigenvalue weighted by molar-refractivity contribution is 5.06. The number of rotatable bonds is 3. The first kappa shape index (κ1) is 8.26. The molecule has 62 valence electrons. The quantitative estimate of drug-likeness (QED) is 0.625. The molecule has 11 heavy (non-hydrogen) atoms. The smallest absolute Gasteiger partial charge is 0.214 e. The fourth-order valence-electron chi connectivity index (χ4n) is 0.728. The van der Waals surface area contributed by atoms with Crippen molar-refractivity contribution in [2.24, 2.45) is 0 Å². The van der Waals surface area contributed by atoms with E-state index in [4.69, 9.17) is 14.6 Å². The molecule has 0 amide bonds. The lowest BCUT2D eigenvalue weighted by molar-refractivity contribution is -0.0910. The molecule has 1 heterocycles. The van der Waals surface area contributed by atoms with E-state index in [-0.39, 0.29) is 6.61 Å². The molecule has 1 unspecified atom stereocenters. The average molecular weight is 158 g/mol. The standard InChI is InChI=1S/C7H10O4/c1-10-7(9)6-3-2-5(4-8)11-6/h2-3,7-9H,4H2,1H3. The van der Waals surface area contributed by atoms with Gasteiger partial charge in [-0.1, -0.05) is 0 Å². The van der Waals surface area contributed by atoms with Crippen molar-refractivity contribution in [3.63, 3.8) is 0 Å². The lowest BCUT2D eigenvalue weighted by Gasteiger charge is -2.02. The summed E-state index contributed by atoms with van der Waals surface area (Å²) in [6, 6.07) is 3.14. The van der Waals surface area contributed by atoms with Crippen LogP contribution >= 0.6 is 0 Å². The van der Waals surface area contributed by atoms with E-state index in [9.17, 15) is 0 Å². The molecule has 0 aliphatic carbocycles. The van der Waals surface area contributed by atoms with Gasteiger partial charge in [-0.25, -0.2) is 0 Å². The van der Waals surface area contributed by atoms with E-state index in [1.165, 1.54) is 7.11 Å². The van der Waals surface area contributed by atoms with E-state index in [2.05, 4.69) is 4.74 Å². The van der Waals surface area contributed by atoms with Gasteiger partial charge in [-0.15, -0.1) is 0 Å². The van der Waals surface area contributed by atoms with Gasteiger partial charge in [-0.2, -0.15) is 0 Å². The van der Waals surface area contributed by atoms with Crippen LogP contribution in [0.1, 0.15) is 17.8 Å². The van der Waals surface area contributed by atoms with Crippen molar-refractivity contribution in [1.82, 2.24) is 0 Å². The Hall–Kier alpha value is -0.840. The molecule has 1 rings (SSSR count). The van der Waals surface area contributed by atoms with Crippen LogP contribution in [0.15, 0.2) is 16.5 Å². The highest BCUT2D eigenvalue weighted by Crippen LogP contribution is 2.16. The fraction of sp³-hybridized carbons (Fsp3) is 0.429. The van der Waals surface area contributed by atoms with Gasteiger partial charge < -0.3 is 19.4 Å². The van der Waals surface area contributed by atoms with Gasteiger partial charge in [-0.05, 0) is 12.1 Å². The summed E-state index contributed by atoms with van der Waals surface area (Å²) >= 11 is 0. The Balaban J connectivity index is 2.71. The Bertz CT molecular complexity index is 218. The second kappa shape index (κ2) is 3.52. The average Bonchev–Trinajstić information content (AvgIpc) is 2.50. The van der Waals surface area contributed by atoms with Crippen molar-refractivity contribution < 1.29 is 19.4 Å². The predicted molar refractivity (Wildman–Crippen MR) is 36.6 cm³/mol. The highest BCUT2D eigenvalue weighted by Gasteiger charge is 2.09. The molecule has 1 aromatic rings. The summed E-state index contributed by atoms with van der Waals surface area (Å²) < 4.78 is 9.53. The summed E-state index contributed by atoms with van der Waals surface area (Å²) in [7, 11) is 1.37. The zero-order chi connectivity index (χ0) is 8.27. The van der Waals surface area contributed by atoms with Gasteiger partial charge in [0.25, 0.3) is 0 Å². The maximum absolute atomic E-state index is 9.04. The van der Waals surface area contributed by atoms with Crippen molar-refractivity contribution >= 4 is 0 Å². The van der Waals surface area contributed by atoms with Gasteiger partial charge in [0.05, 0.1) is 0 Å². The number of hydrogen-bond acceptors (Lipinski definition) is 4. The molecule has 4 heteroatoms. The summed E-state index contributed by atoms with van der Waals surface area (Å²) in [4.78, 5) is 0. The minimum Gasteiger partial charge on any atom is -0.458 e. The Kier molecular flexibility index (Phi) is 2.64. The van der Waals surface area contributed by atoms with Crippen LogP contribution in [0, 0.1) is 0 Å². The van der Waals surface area contributed by atoms with Crippen LogP contribution in [-0.2, 0) is 11.3 Å². The number of hydrogen-bond donors (Lipinski definition) is 2. The lowest BCUT2D eigenvalue weighted by atomic mass is 10.4. The van der Waals surface area contributed by atoms with Crippen molar-refractivity contribution in [3.8, 4) is 0 Å². The number of methoxy groups -OCH3 is 1. The van der Waals surface area contributed by atoms with Crippen LogP contribution in [0.3, 0.4) is 0 Å². The maximum atomic E-state index is 9.04. The summed E-state index contributed by atoms with van der Waals surface area (Å²) in [6.45, 7) is -0.170. The molecule has 0 fully saturated rings. The molecule has 1 aromatic heterocycles. The molecule has 4 nitrogen and oxygen atoms in total. The minimum atomic E-state index is -1.05. The first-order valence-corrected chi connectivity index (χ1v) is 3.18. The molecule has 0 aromatic carbocycles. The predicted octanol–water partition coefficient (Wildman–Crippen LogP) is 0.409. The Morgan fingerprint density at radius 2 is 2.36 bits per heavy atom. The van der Waals surface area contributed by atoms with Gasteiger partial charge in [0.15, 0.2) is 5.76 Å². The second-order valence-corrected chi connectivity index (χ2v) is 2.05. The Morgan fingerprint density at radius 3 is 2.82 bits per heavy atom. The fourth-order valence-corrected chi connectivity index (χ4v) is 0.728. The summed E-state index contributed by atoms with van der Waals surface area (Å²) in [6.07, 6.45) is -1.05. The SMILES string of the molecule is COC(O)c1ccc(CO)o1. The zero-order valence-electron chi connectivity index (χ0n) is 6.15. The van der Waals surface area contributed by atoms with Gasteiger partial charge in [0, 0.05) is 7.11 Å². The van der Waals surface area contributed by atoms with E-state index < -0.39 is 6.29 Å². The third-order valence-corrected chi connectivity index (χ3v) is 1.30. The minimum absolute atomic E-state index is 0.170. The molecule has 0 bridgehead atoms. The summed E-state index contributed by atoms with van der Waals surface area (Å²) in [5.41, 5.74) is 0. The van der Waals surface area contributed by atoms with Gasteiger partial charge in [0.1, 0.15) is 12.4 Å². The molecular weight excluding hydrogens is 148 g/mol. The lowest BCUT2D eigenvalue weighted by Crippen LogP contribution is -1.96. The van der Waals surface area contributed by atoms with Crippen LogP contribution in [0.4, 0.5) is 0 Å². The summed E-state index contributed by atoms with van der Waals surface area (Å²) in [5, 5.41) is 17.6. The van der Waals surface area contributed by atoms with E-state index in [0.29, 0.717) is 11.5 Å². The number of ether oxygens (including phenoxy) is 1. The van der Waals surface area contributed by atoms with Crippen molar-refractivity contribution in [3.05, 3.63) is 23.7 Å². The molecule has 1 atom stereocenters. The van der Waals surface area contributed by atoms with Crippen molar-refractivity contribution in [2.45, 2.75) is 12.9 Å². The van der Waals surface area contributed by atoms with Crippen molar-refractivity contribution in [2.75, 3.05) is 7.11 Å². The summed E-state index contributed by atoms with van der Waals surface area (Å²) in [5.74, 6) is 0.715. The zero-order valence-corrected chi connectivity index (χ0v) is 6.15. The topological polar surface area (TPSA) is 62.8 Å². The third kappa shape index (κ3) is 1.80. The molecular formula is C7H10O4. The van der Waals surface area contributed by atoms with E-state index >= 15 is 0 Å². The van der Waals surface area contributed by atoms with Gasteiger partial charge >= 0.3 is 0 Å². The molecule has 0 spiro atoms. The first-order chi connectivity index (χ1) is 5.27. The number of aliphatic hydroxyl groups is 2. The maximum Gasteiger partial charge on any atom is 0.214 e. The monoisotopic (exact) mass is 158 g/mol. The highest BCUT2D eigenvalue weighted by atomic mass is 16.6. The van der Waals surface area contributed by atoms with E-state index in [0.717, 1.165) is 0 Å². The van der Waals surface area contributed by atoms with Gasteiger partial charge in [-0.3, -0.25) is 0 Å². The van der Waals surface area contributed by atoms with Crippen LogP contribution in [-0.4, -0.2) is 17.3 Å². The Labute approximate surface area is 64.0 Å². The molecule has 2 N–H and O–H groups in total. The Morgan fingerprint density at radius 1 is 1.64 bits per heavy atom. The second-order valence-electron chi connectivity index (χ2n) is 2.05. The molecule has 0 saturated heterocycles. The first-order valence-electron chi connectivity index (χ1n) is 3.18.